The summed E-state index contributed by atoms with van der Waals surface area (Å²) < 4.78 is 1.70. The second-order valence-corrected chi connectivity index (χ2v) is 7.82. The fourth-order valence-electron chi connectivity index (χ4n) is 2.55. The monoisotopic (exact) mass is 349 g/mol. The van der Waals surface area contributed by atoms with Gasteiger partial charge in [-0.2, -0.15) is 0 Å². The first-order valence-corrected chi connectivity index (χ1v) is 9.13. The number of H-pyrrole nitrogens is 2. The zero-order chi connectivity index (χ0) is 16.1. The largest absolute Gasteiger partial charge is 0.344 e. The highest BCUT2D eigenvalue weighted by Crippen LogP contribution is 2.36. The van der Waals surface area contributed by atoms with Crippen molar-refractivity contribution in [2.75, 3.05) is 0 Å². The molecule has 3 aromatic heterocycles. The van der Waals surface area contributed by atoms with E-state index < -0.39 is 0 Å². The number of rotatable bonds is 4. The van der Waals surface area contributed by atoms with E-state index >= 15 is 0 Å². The van der Waals surface area contributed by atoms with E-state index in [1.54, 1.807) is 4.57 Å². The summed E-state index contributed by atoms with van der Waals surface area (Å²) in [5.74, 6) is 1.07. The smallest absolute Gasteiger partial charge is 0.309 e. The summed E-state index contributed by atoms with van der Waals surface area (Å²) in [6.45, 7) is 3.94. The second kappa shape index (κ2) is 5.34. The molecule has 1 fully saturated rings. The van der Waals surface area contributed by atoms with Crippen molar-refractivity contribution in [3.63, 3.8) is 0 Å². The second-order valence-electron chi connectivity index (χ2n) is 5.68. The molecule has 9 heteroatoms. The zero-order valence-electron chi connectivity index (χ0n) is 12.7. The number of hydrogen-bond donors (Lipinski definition) is 2. The molecule has 0 atom stereocenters. The van der Waals surface area contributed by atoms with Gasteiger partial charge in [0.1, 0.15) is 10.7 Å². The Morgan fingerprint density at radius 3 is 2.87 bits per heavy atom. The van der Waals surface area contributed by atoms with Crippen LogP contribution in [0.5, 0.6) is 0 Å². The molecule has 3 aromatic rings. The Morgan fingerprint density at radius 1 is 1.35 bits per heavy atom. The van der Waals surface area contributed by atoms with E-state index in [9.17, 15) is 9.59 Å². The van der Waals surface area contributed by atoms with Gasteiger partial charge >= 0.3 is 5.69 Å². The van der Waals surface area contributed by atoms with Crippen LogP contribution in [0.25, 0.3) is 10.2 Å². The van der Waals surface area contributed by atoms with Crippen LogP contribution in [0.2, 0.25) is 0 Å². The molecule has 2 N–H and O–H groups in total. The fourth-order valence-corrected chi connectivity index (χ4v) is 4.48. The maximum atomic E-state index is 12.3. The average molecular weight is 349 g/mol. The number of fused-ring (bicyclic) bond motifs is 1. The van der Waals surface area contributed by atoms with E-state index in [4.69, 9.17) is 0 Å². The summed E-state index contributed by atoms with van der Waals surface area (Å²) in [5, 5.41) is 7.89. The van der Waals surface area contributed by atoms with Crippen molar-refractivity contribution >= 4 is 33.3 Å². The average Bonchev–Trinajstić information content (AvgIpc) is 3.21. The van der Waals surface area contributed by atoms with E-state index in [2.05, 4.69) is 20.2 Å². The summed E-state index contributed by atoms with van der Waals surface area (Å²) in [6.07, 6.45) is 2.03. The van der Waals surface area contributed by atoms with Crippen molar-refractivity contribution in [3.05, 3.63) is 37.1 Å². The van der Waals surface area contributed by atoms with Crippen molar-refractivity contribution in [2.45, 2.75) is 43.6 Å². The molecular formula is C14H15N5O2S2. The molecule has 4 rings (SSSR count). The van der Waals surface area contributed by atoms with E-state index in [1.807, 2.05) is 13.8 Å². The van der Waals surface area contributed by atoms with Crippen LogP contribution in [0.15, 0.2) is 14.7 Å². The maximum absolute atomic E-state index is 12.3. The van der Waals surface area contributed by atoms with Crippen LogP contribution in [0, 0.1) is 13.8 Å². The lowest BCUT2D eigenvalue weighted by molar-refractivity contribution is 0.642. The summed E-state index contributed by atoms with van der Waals surface area (Å²) in [6, 6.07) is 0.265. The number of aromatic nitrogens is 5. The van der Waals surface area contributed by atoms with E-state index in [1.165, 1.54) is 23.1 Å². The molecule has 0 unspecified atom stereocenters. The third kappa shape index (κ3) is 2.53. The number of thioether (sulfide) groups is 1. The summed E-state index contributed by atoms with van der Waals surface area (Å²) in [7, 11) is 0. The van der Waals surface area contributed by atoms with Crippen molar-refractivity contribution in [3.8, 4) is 0 Å². The SMILES string of the molecule is Cc1sc2nc(CSc3n[nH]c(=O)n3C3CC3)[nH]c(=O)c2c1C. The minimum Gasteiger partial charge on any atom is -0.309 e. The van der Waals surface area contributed by atoms with Crippen LogP contribution in [0.4, 0.5) is 0 Å². The zero-order valence-corrected chi connectivity index (χ0v) is 14.3. The quantitative estimate of drug-likeness (QED) is 0.703. The Balaban J connectivity index is 1.64. The number of aryl methyl sites for hydroxylation is 2. The van der Waals surface area contributed by atoms with Crippen LogP contribution in [0.1, 0.15) is 35.1 Å². The molecule has 1 aliphatic carbocycles. The standard InChI is InChI=1S/C14H15N5O2S2/c1-6-7(2)23-12-10(6)11(20)15-9(16-12)5-22-14-18-17-13(21)19(14)8-3-4-8/h8H,3-5H2,1-2H3,(H,17,21)(H,15,16,20). The van der Waals surface area contributed by atoms with Gasteiger partial charge in [0.05, 0.1) is 11.1 Å². The predicted octanol–water partition coefficient (Wildman–Crippen LogP) is 2.11. The van der Waals surface area contributed by atoms with Gasteiger partial charge in [-0.25, -0.2) is 14.9 Å². The molecule has 7 nitrogen and oxygen atoms in total. The highest BCUT2D eigenvalue weighted by atomic mass is 32.2. The fraction of sp³-hybridized carbons (Fsp3) is 0.429. The molecule has 120 valence electrons. The van der Waals surface area contributed by atoms with Gasteiger partial charge in [-0.1, -0.05) is 11.8 Å². The first-order valence-electron chi connectivity index (χ1n) is 7.33. The number of hydrogen-bond acceptors (Lipinski definition) is 6. The van der Waals surface area contributed by atoms with Crippen molar-refractivity contribution in [1.82, 2.24) is 24.7 Å². The normalized spacial score (nSPS) is 14.7. The van der Waals surface area contributed by atoms with E-state index in [-0.39, 0.29) is 17.3 Å². The van der Waals surface area contributed by atoms with Gasteiger partial charge in [0.2, 0.25) is 0 Å². The third-order valence-electron chi connectivity index (χ3n) is 4.01. The summed E-state index contributed by atoms with van der Waals surface area (Å²) in [4.78, 5) is 33.3. The maximum Gasteiger partial charge on any atom is 0.344 e. The topological polar surface area (TPSA) is 96.4 Å². The highest BCUT2D eigenvalue weighted by molar-refractivity contribution is 7.98. The number of thiophene rings is 1. The Bertz CT molecular complexity index is 1010. The molecule has 0 bridgehead atoms. The lowest BCUT2D eigenvalue weighted by Gasteiger charge is -2.03. The van der Waals surface area contributed by atoms with Gasteiger partial charge in [-0.15, -0.1) is 16.4 Å². The van der Waals surface area contributed by atoms with Gasteiger partial charge < -0.3 is 4.98 Å². The summed E-state index contributed by atoms with van der Waals surface area (Å²) >= 11 is 2.94. The lowest BCUT2D eigenvalue weighted by atomic mass is 10.2. The Kier molecular flexibility index (Phi) is 3.42. The number of nitrogens with one attached hydrogen (secondary N) is 2. The molecule has 0 aliphatic heterocycles. The van der Waals surface area contributed by atoms with Gasteiger partial charge in [-0.05, 0) is 32.3 Å². The molecule has 0 spiro atoms. The Hall–Kier alpha value is -1.87. The van der Waals surface area contributed by atoms with E-state index in [0.29, 0.717) is 22.1 Å². The first-order chi connectivity index (χ1) is 11.0. The van der Waals surface area contributed by atoms with Crippen LogP contribution in [-0.4, -0.2) is 24.7 Å². The third-order valence-corrected chi connectivity index (χ3v) is 6.08. The minimum absolute atomic E-state index is 0.103. The van der Waals surface area contributed by atoms with Gasteiger partial charge in [0.15, 0.2) is 5.16 Å². The van der Waals surface area contributed by atoms with Crippen molar-refractivity contribution in [1.29, 1.82) is 0 Å². The van der Waals surface area contributed by atoms with Gasteiger partial charge in [-0.3, -0.25) is 9.36 Å². The molecule has 3 heterocycles. The number of nitrogens with zero attached hydrogens (tertiary/aromatic N) is 3. The Morgan fingerprint density at radius 2 is 2.13 bits per heavy atom. The van der Waals surface area contributed by atoms with Crippen molar-refractivity contribution < 1.29 is 0 Å². The molecule has 0 aromatic carbocycles. The van der Waals surface area contributed by atoms with Crippen molar-refractivity contribution in [2.24, 2.45) is 0 Å². The molecule has 0 saturated heterocycles. The molecule has 0 amide bonds. The molecule has 1 aliphatic rings. The van der Waals surface area contributed by atoms with Crippen LogP contribution >= 0.6 is 23.1 Å². The van der Waals surface area contributed by atoms with Crippen LogP contribution in [0.3, 0.4) is 0 Å². The molecule has 0 radical (unpaired) electrons. The van der Waals surface area contributed by atoms with Crippen LogP contribution < -0.4 is 11.2 Å². The first kappa shape index (κ1) is 14.7. The van der Waals surface area contributed by atoms with Crippen LogP contribution in [-0.2, 0) is 5.75 Å². The number of aromatic amines is 2. The highest BCUT2D eigenvalue weighted by Gasteiger charge is 2.28. The summed E-state index contributed by atoms with van der Waals surface area (Å²) in [5.41, 5.74) is 0.721. The molecular weight excluding hydrogens is 334 g/mol. The van der Waals surface area contributed by atoms with Gasteiger partial charge in [0.25, 0.3) is 5.56 Å². The predicted molar refractivity (Wildman–Crippen MR) is 90.4 cm³/mol. The Labute approximate surface area is 139 Å². The molecule has 23 heavy (non-hydrogen) atoms. The van der Waals surface area contributed by atoms with Gasteiger partial charge in [0, 0.05) is 10.9 Å². The molecule has 1 saturated carbocycles. The lowest BCUT2D eigenvalue weighted by Crippen LogP contribution is -2.16. The minimum atomic E-state index is -0.170. The van der Waals surface area contributed by atoms with E-state index in [0.717, 1.165) is 28.1 Å².